The quantitative estimate of drug-likeness (QED) is 0.674. The number of nitrogens with zero attached hydrogens (tertiary/aromatic N) is 5. The van der Waals surface area contributed by atoms with Gasteiger partial charge in [0.1, 0.15) is 0 Å². The lowest BCUT2D eigenvalue weighted by Crippen LogP contribution is -2.44. The molecular weight excluding hydrogens is 370 g/mol. The van der Waals surface area contributed by atoms with Crippen LogP contribution in [0.1, 0.15) is 54.8 Å². The Balaban J connectivity index is 1.35. The van der Waals surface area contributed by atoms with Gasteiger partial charge in [-0.1, -0.05) is 30.3 Å². The minimum Gasteiger partial charge on any atom is -0.343 e. The molecule has 3 aromatic rings. The highest BCUT2D eigenvalue weighted by molar-refractivity contribution is 5.93. The van der Waals surface area contributed by atoms with Gasteiger partial charge in [-0.15, -0.1) is 0 Å². The van der Waals surface area contributed by atoms with E-state index in [1.165, 1.54) is 4.68 Å². The molecule has 1 saturated heterocycles. The zero-order valence-electron chi connectivity index (χ0n) is 17.0. The fourth-order valence-corrected chi connectivity index (χ4v) is 3.91. The highest BCUT2D eigenvalue weighted by Gasteiger charge is 2.37. The van der Waals surface area contributed by atoms with Crippen molar-refractivity contribution in [2.45, 2.75) is 51.9 Å². The van der Waals surface area contributed by atoms with E-state index in [2.05, 4.69) is 22.2 Å². The molecule has 152 valence electrons. The maximum atomic E-state index is 12.7. The third-order valence-corrected chi connectivity index (χ3v) is 5.85. The Bertz CT molecular complexity index is 1060. The van der Waals surface area contributed by atoms with Gasteiger partial charge in [0.25, 0.3) is 0 Å². The molecule has 1 aliphatic rings. The summed E-state index contributed by atoms with van der Waals surface area (Å²) in [5, 5.41) is 9.37. The van der Waals surface area contributed by atoms with E-state index in [4.69, 9.17) is 4.52 Å². The predicted molar refractivity (Wildman–Crippen MR) is 107 cm³/mol. The zero-order chi connectivity index (χ0) is 20.6. The lowest BCUT2D eigenvalue weighted by Gasteiger charge is -2.37. The van der Waals surface area contributed by atoms with Crippen molar-refractivity contribution in [1.29, 1.82) is 0 Å². The Morgan fingerprint density at radius 1 is 1.10 bits per heavy atom. The molecule has 29 heavy (non-hydrogen) atoms. The van der Waals surface area contributed by atoms with Crippen molar-refractivity contribution in [1.82, 2.24) is 24.8 Å². The molecule has 0 radical (unpaired) electrons. The highest BCUT2D eigenvalue weighted by Crippen LogP contribution is 2.33. The highest BCUT2D eigenvalue weighted by atomic mass is 16.5. The Morgan fingerprint density at radius 2 is 1.79 bits per heavy atom. The Labute approximate surface area is 168 Å². The van der Waals surface area contributed by atoms with E-state index in [1.54, 1.807) is 6.92 Å². The molecule has 3 heterocycles. The van der Waals surface area contributed by atoms with Crippen LogP contribution in [0.25, 0.3) is 10.9 Å². The third-order valence-electron chi connectivity index (χ3n) is 5.85. The topological polar surface area (TPSA) is 94.1 Å². The molecule has 1 fully saturated rings. The van der Waals surface area contributed by atoms with E-state index in [1.807, 2.05) is 36.1 Å². The van der Waals surface area contributed by atoms with Crippen LogP contribution in [0.15, 0.2) is 28.8 Å². The summed E-state index contributed by atoms with van der Waals surface area (Å²) in [5.41, 5.74) is 1.41. The Morgan fingerprint density at radius 3 is 2.48 bits per heavy atom. The number of fused-ring (bicyclic) bond motifs is 1. The van der Waals surface area contributed by atoms with Crippen molar-refractivity contribution in [3.8, 4) is 0 Å². The van der Waals surface area contributed by atoms with Crippen LogP contribution in [0.2, 0.25) is 0 Å². The maximum absolute atomic E-state index is 12.7. The van der Waals surface area contributed by atoms with Gasteiger partial charge in [-0.25, -0.2) is 0 Å². The molecule has 8 nitrogen and oxygen atoms in total. The molecule has 0 unspecified atom stereocenters. The monoisotopic (exact) mass is 395 g/mol. The van der Waals surface area contributed by atoms with Crippen LogP contribution in [0.4, 0.5) is 0 Å². The number of aryl methyl sites for hydroxylation is 2. The summed E-state index contributed by atoms with van der Waals surface area (Å²) < 4.78 is 6.53. The van der Waals surface area contributed by atoms with Gasteiger partial charge < -0.3 is 9.42 Å². The molecule has 0 atom stereocenters. The van der Waals surface area contributed by atoms with Crippen molar-refractivity contribution in [2.75, 3.05) is 13.1 Å². The van der Waals surface area contributed by atoms with Gasteiger partial charge in [0, 0.05) is 43.7 Å². The van der Waals surface area contributed by atoms with Gasteiger partial charge in [-0.2, -0.15) is 14.8 Å². The summed E-state index contributed by atoms with van der Waals surface area (Å²) in [5.74, 6) is 1.10. The van der Waals surface area contributed by atoms with Crippen LogP contribution in [0.3, 0.4) is 0 Å². The molecular formula is C21H25N5O3. The molecule has 8 heteroatoms. The summed E-state index contributed by atoms with van der Waals surface area (Å²) in [6.07, 6.45) is 1.87. The third kappa shape index (κ3) is 3.66. The number of aromatic nitrogens is 4. The largest absolute Gasteiger partial charge is 0.343 e. The van der Waals surface area contributed by atoms with Crippen LogP contribution in [0.5, 0.6) is 0 Å². The Kier molecular flexibility index (Phi) is 4.94. The number of benzene rings is 1. The minimum absolute atomic E-state index is 0.00197. The SMILES string of the molecule is Cc1nc(C2(C)CCN(C(=O)CCC(=O)n3nc(C)c4ccccc43)CC2)no1. The van der Waals surface area contributed by atoms with Crippen molar-refractivity contribution in [3.63, 3.8) is 0 Å². The summed E-state index contributed by atoms with van der Waals surface area (Å²) in [7, 11) is 0. The first-order chi connectivity index (χ1) is 13.9. The number of para-hydroxylation sites is 1. The second-order valence-electron chi connectivity index (χ2n) is 7.99. The molecule has 1 aromatic carbocycles. The predicted octanol–water partition coefficient (Wildman–Crippen LogP) is 3.04. The van der Waals surface area contributed by atoms with Gasteiger partial charge >= 0.3 is 0 Å². The second kappa shape index (κ2) is 7.42. The molecule has 1 amide bonds. The summed E-state index contributed by atoms with van der Waals surface area (Å²) in [4.78, 5) is 31.5. The number of carbonyl (C=O) groups is 2. The maximum Gasteiger partial charge on any atom is 0.247 e. The van der Waals surface area contributed by atoms with Crippen LogP contribution in [-0.2, 0) is 10.2 Å². The van der Waals surface area contributed by atoms with E-state index in [-0.39, 0.29) is 30.1 Å². The Hall–Kier alpha value is -3.03. The molecule has 1 aliphatic heterocycles. The van der Waals surface area contributed by atoms with Crippen molar-refractivity contribution in [2.24, 2.45) is 0 Å². The molecule has 0 N–H and O–H groups in total. The average Bonchev–Trinajstić information content (AvgIpc) is 3.31. The normalized spacial score (nSPS) is 16.3. The molecule has 0 spiro atoms. The molecule has 4 rings (SSSR count). The van der Waals surface area contributed by atoms with E-state index in [0.29, 0.717) is 24.8 Å². The average molecular weight is 395 g/mol. The van der Waals surface area contributed by atoms with E-state index in [9.17, 15) is 9.59 Å². The van der Waals surface area contributed by atoms with Crippen LogP contribution < -0.4 is 0 Å². The smallest absolute Gasteiger partial charge is 0.247 e. The molecule has 0 saturated carbocycles. The lowest BCUT2D eigenvalue weighted by molar-refractivity contribution is -0.132. The lowest BCUT2D eigenvalue weighted by atomic mass is 9.79. The van der Waals surface area contributed by atoms with Crippen LogP contribution in [-0.4, -0.2) is 49.7 Å². The first kappa shape index (κ1) is 19.3. The first-order valence-corrected chi connectivity index (χ1v) is 9.93. The van der Waals surface area contributed by atoms with Gasteiger partial charge in [-0.3, -0.25) is 9.59 Å². The number of hydrogen-bond donors (Lipinski definition) is 0. The van der Waals surface area contributed by atoms with E-state index >= 15 is 0 Å². The molecule has 2 aromatic heterocycles. The van der Waals surface area contributed by atoms with Crippen molar-refractivity contribution in [3.05, 3.63) is 41.7 Å². The number of piperidine rings is 1. The summed E-state index contributed by atoms with van der Waals surface area (Å²) in [6, 6.07) is 7.63. The van der Waals surface area contributed by atoms with E-state index in [0.717, 1.165) is 29.4 Å². The number of carbonyl (C=O) groups excluding carboxylic acids is 2. The van der Waals surface area contributed by atoms with Gasteiger partial charge in [-0.05, 0) is 25.8 Å². The van der Waals surface area contributed by atoms with Gasteiger partial charge in [0.15, 0.2) is 5.82 Å². The van der Waals surface area contributed by atoms with E-state index < -0.39 is 0 Å². The molecule has 0 bridgehead atoms. The molecule has 0 aliphatic carbocycles. The number of rotatable bonds is 4. The van der Waals surface area contributed by atoms with Gasteiger partial charge in [0.2, 0.25) is 17.7 Å². The summed E-state index contributed by atoms with van der Waals surface area (Å²) >= 11 is 0. The first-order valence-electron chi connectivity index (χ1n) is 9.93. The standard InChI is InChI=1S/C21H25N5O3/c1-14-16-6-4-5-7-17(16)26(23-14)19(28)9-8-18(27)25-12-10-21(3,11-13-25)20-22-15(2)29-24-20/h4-7H,8-13H2,1-3H3. The fraction of sp³-hybridized carbons (Fsp3) is 0.476. The summed E-state index contributed by atoms with van der Waals surface area (Å²) in [6.45, 7) is 7.02. The van der Waals surface area contributed by atoms with Crippen LogP contribution in [0, 0.1) is 13.8 Å². The fourth-order valence-electron chi connectivity index (χ4n) is 3.91. The second-order valence-corrected chi connectivity index (χ2v) is 7.99. The number of likely N-dealkylation sites (tertiary alicyclic amines) is 1. The number of hydrogen-bond acceptors (Lipinski definition) is 6. The van der Waals surface area contributed by atoms with Crippen molar-refractivity contribution >= 4 is 22.7 Å². The van der Waals surface area contributed by atoms with Gasteiger partial charge in [0.05, 0.1) is 11.2 Å². The minimum atomic E-state index is -0.185. The number of amides is 1. The van der Waals surface area contributed by atoms with Crippen LogP contribution >= 0.6 is 0 Å². The zero-order valence-corrected chi connectivity index (χ0v) is 17.0. The van der Waals surface area contributed by atoms with Crippen molar-refractivity contribution < 1.29 is 14.1 Å².